The summed E-state index contributed by atoms with van der Waals surface area (Å²) >= 11 is 17.4. The summed E-state index contributed by atoms with van der Waals surface area (Å²) in [5, 5.41) is 37.9. The van der Waals surface area contributed by atoms with E-state index in [0.29, 0.717) is 5.02 Å². The Balaban J connectivity index is 0.000000176. The van der Waals surface area contributed by atoms with Crippen LogP contribution in [0.1, 0.15) is 0 Å². The molecule has 158 valence electrons. The Bertz CT molecular complexity index is 1160. The predicted molar refractivity (Wildman–Crippen MR) is 125 cm³/mol. The molecular weight excluding hydrogens is 459 g/mol. The van der Waals surface area contributed by atoms with Gasteiger partial charge in [-0.2, -0.15) is 0 Å². The van der Waals surface area contributed by atoms with Gasteiger partial charge in [-0.1, -0.05) is 65.1 Å². The maximum Gasteiger partial charge on any atom is 0.134 e. The van der Waals surface area contributed by atoms with Crippen LogP contribution in [0.4, 0.5) is 0 Å². The van der Waals surface area contributed by atoms with E-state index in [2.05, 4.69) is 0 Å². The summed E-state index contributed by atoms with van der Waals surface area (Å²) in [5.74, 6) is 0.369. The van der Waals surface area contributed by atoms with E-state index in [1.165, 1.54) is 12.1 Å². The molecule has 0 saturated carbocycles. The highest BCUT2D eigenvalue weighted by Gasteiger charge is 2.05. The van der Waals surface area contributed by atoms with Gasteiger partial charge in [0.25, 0.3) is 0 Å². The van der Waals surface area contributed by atoms with Gasteiger partial charge in [-0.05, 0) is 70.8 Å². The molecule has 0 aliphatic rings. The number of rotatable bonds is 2. The van der Waals surface area contributed by atoms with Crippen LogP contribution in [0.3, 0.4) is 0 Å². The Hall–Kier alpha value is -3.05. The normalized spacial score (nSPS) is 10.3. The van der Waals surface area contributed by atoms with E-state index in [9.17, 15) is 15.3 Å². The lowest BCUT2D eigenvalue weighted by Crippen LogP contribution is -1.79. The molecule has 4 aromatic rings. The zero-order valence-electron chi connectivity index (χ0n) is 15.9. The van der Waals surface area contributed by atoms with Crippen molar-refractivity contribution >= 4 is 34.8 Å². The first-order valence-corrected chi connectivity index (χ1v) is 10.1. The first-order valence-electron chi connectivity index (χ1n) is 9.00. The minimum absolute atomic E-state index is 0.0373. The maximum absolute atomic E-state index is 9.29. The summed E-state index contributed by atoms with van der Waals surface area (Å²) in [6, 6.07) is 21.5. The Morgan fingerprint density at radius 1 is 0.387 bits per heavy atom. The first-order chi connectivity index (χ1) is 14.7. The molecule has 0 aliphatic carbocycles. The topological polar surface area (TPSA) is 80.9 Å². The van der Waals surface area contributed by atoms with E-state index in [0.717, 1.165) is 22.3 Å². The summed E-state index contributed by atoms with van der Waals surface area (Å²) in [4.78, 5) is 0. The molecule has 0 amide bonds. The molecule has 0 spiro atoms. The molecule has 4 rings (SSSR count). The Morgan fingerprint density at radius 2 is 0.677 bits per heavy atom. The standard InChI is InChI=1S/C12H8Cl2O2.C12H9ClO2/c13-9-5-7(1-3-11(9)15)8-2-4-12(16)10(14)6-8;13-11-7-9(3-6-12(11)15)8-1-4-10(14)5-2-8/h1-6,15-16H;1-7,14-15H. The largest absolute Gasteiger partial charge is 0.508 e. The third-order valence-electron chi connectivity index (χ3n) is 4.38. The van der Waals surface area contributed by atoms with Crippen molar-refractivity contribution in [2.45, 2.75) is 0 Å². The fourth-order valence-electron chi connectivity index (χ4n) is 2.71. The predicted octanol–water partition coefficient (Wildman–Crippen LogP) is 7.49. The van der Waals surface area contributed by atoms with E-state index < -0.39 is 0 Å². The highest BCUT2D eigenvalue weighted by Crippen LogP contribution is 2.33. The Kier molecular flexibility index (Phi) is 7.18. The first kappa shape index (κ1) is 22.6. The highest BCUT2D eigenvalue weighted by molar-refractivity contribution is 6.33. The van der Waals surface area contributed by atoms with Crippen molar-refractivity contribution in [3.8, 4) is 45.3 Å². The number of hydrogen-bond donors (Lipinski definition) is 4. The molecule has 0 radical (unpaired) electrons. The minimum Gasteiger partial charge on any atom is -0.508 e. The molecule has 4 aromatic carbocycles. The second kappa shape index (κ2) is 9.84. The highest BCUT2D eigenvalue weighted by atomic mass is 35.5. The summed E-state index contributed by atoms with van der Waals surface area (Å²) in [7, 11) is 0. The second-order valence-electron chi connectivity index (χ2n) is 6.55. The molecule has 0 bridgehead atoms. The van der Waals surface area contributed by atoms with Gasteiger partial charge in [0, 0.05) is 0 Å². The molecular formula is C24H17Cl3O4. The molecule has 4 N–H and O–H groups in total. The van der Waals surface area contributed by atoms with Gasteiger partial charge >= 0.3 is 0 Å². The SMILES string of the molecule is Oc1ccc(-c2ccc(O)c(Cl)c2)cc1.Oc1ccc(-c2ccc(O)c(Cl)c2)cc1Cl. The lowest BCUT2D eigenvalue weighted by Gasteiger charge is -2.05. The summed E-state index contributed by atoms with van der Waals surface area (Å²) < 4.78 is 0. The lowest BCUT2D eigenvalue weighted by molar-refractivity contribution is 0.474. The van der Waals surface area contributed by atoms with Crippen molar-refractivity contribution in [1.29, 1.82) is 0 Å². The maximum atomic E-state index is 9.29. The van der Waals surface area contributed by atoms with Crippen LogP contribution in [-0.2, 0) is 0 Å². The van der Waals surface area contributed by atoms with Crippen LogP contribution >= 0.6 is 34.8 Å². The fraction of sp³-hybridized carbons (Fsp3) is 0. The van der Waals surface area contributed by atoms with Gasteiger partial charge in [-0.15, -0.1) is 0 Å². The second-order valence-corrected chi connectivity index (χ2v) is 7.77. The van der Waals surface area contributed by atoms with Crippen molar-refractivity contribution in [2.24, 2.45) is 0 Å². The number of aromatic hydroxyl groups is 4. The molecule has 31 heavy (non-hydrogen) atoms. The summed E-state index contributed by atoms with van der Waals surface area (Å²) in [5.41, 5.74) is 3.49. The molecule has 0 aromatic heterocycles. The average molecular weight is 476 g/mol. The molecule has 0 atom stereocenters. The van der Waals surface area contributed by atoms with Crippen molar-refractivity contribution in [3.63, 3.8) is 0 Å². The summed E-state index contributed by atoms with van der Waals surface area (Å²) in [6.07, 6.45) is 0. The van der Waals surface area contributed by atoms with Crippen molar-refractivity contribution in [1.82, 2.24) is 0 Å². The van der Waals surface area contributed by atoms with Crippen molar-refractivity contribution in [2.75, 3.05) is 0 Å². The molecule has 7 heteroatoms. The monoisotopic (exact) mass is 474 g/mol. The quantitative estimate of drug-likeness (QED) is 0.242. The molecule has 0 saturated heterocycles. The van der Waals surface area contributed by atoms with Gasteiger partial charge in [0.05, 0.1) is 15.1 Å². The van der Waals surface area contributed by atoms with Gasteiger partial charge < -0.3 is 20.4 Å². The van der Waals surface area contributed by atoms with Gasteiger partial charge in [0.2, 0.25) is 0 Å². The molecule has 4 nitrogen and oxygen atoms in total. The minimum atomic E-state index is 0.0373. The lowest BCUT2D eigenvalue weighted by atomic mass is 10.1. The number of phenols is 4. The number of halogens is 3. The van der Waals surface area contributed by atoms with Gasteiger partial charge in [-0.3, -0.25) is 0 Å². The summed E-state index contributed by atoms with van der Waals surface area (Å²) in [6.45, 7) is 0. The third-order valence-corrected chi connectivity index (χ3v) is 5.29. The van der Waals surface area contributed by atoms with Crippen LogP contribution in [0, 0.1) is 0 Å². The Morgan fingerprint density at radius 3 is 1.00 bits per heavy atom. The van der Waals surface area contributed by atoms with Crippen LogP contribution in [0.5, 0.6) is 23.0 Å². The molecule has 0 aliphatic heterocycles. The van der Waals surface area contributed by atoms with Gasteiger partial charge in [-0.25, -0.2) is 0 Å². The van der Waals surface area contributed by atoms with Crippen molar-refractivity contribution < 1.29 is 20.4 Å². The van der Waals surface area contributed by atoms with Gasteiger partial charge in [0.1, 0.15) is 23.0 Å². The van der Waals surface area contributed by atoms with Crippen LogP contribution in [-0.4, -0.2) is 20.4 Å². The van der Waals surface area contributed by atoms with Crippen LogP contribution in [0.25, 0.3) is 22.3 Å². The fourth-order valence-corrected chi connectivity index (χ4v) is 3.25. The van der Waals surface area contributed by atoms with E-state index >= 15 is 0 Å². The van der Waals surface area contributed by atoms with Crippen LogP contribution < -0.4 is 0 Å². The number of phenolic OH excluding ortho intramolecular Hbond substituents is 4. The molecule has 0 heterocycles. The van der Waals surface area contributed by atoms with E-state index in [4.69, 9.17) is 39.9 Å². The van der Waals surface area contributed by atoms with E-state index in [1.54, 1.807) is 66.7 Å². The van der Waals surface area contributed by atoms with Gasteiger partial charge in [0.15, 0.2) is 0 Å². The van der Waals surface area contributed by atoms with Crippen LogP contribution in [0.15, 0.2) is 78.9 Å². The third kappa shape index (κ3) is 5.76. The van der Waals surface area contributed by atoms with Crippen LogP contribution in [0.2, 0.25) is 15.1 Å². The van der Waals surface area contributed by atoms with Crippen molar-refractivity contribution in [3.05, 3.63) is 93.9 Å². The van der Waals surface area contributed by atoms with E-state index in [1.807, 2.05) is 0 Å². The smallest absolute Gasteiger partial charge is 0.134 e. The zero-order chi connectivity index (χ0) is 22.5. The number of benzene rings is 4. The zero-order valence-corrected chi connectivity index (χ0v) is 18.2. The molecule has 0 unspecified atom stereocenters. The molecule has 0 fully saturated rings. The van der Waals surface area contributed by atoms with E-state index in [-0.39, 0.29) is 33.0 Å². The number of hydrogen-bond acceptors (Lipinski definition) is 4. The average Bonchev–Trinajstić information content (AvgIpc) is 2.75. The Labute approximate surface area is 194 Å².